The van der Waals surface area contributed by atoms with Crippen molar-refractivity contribution in [1.82, 2.24) is 24.6 Å². The van der Waals surface area contributed by atoms with Crippen LogP contribution in [0.1, 0.15) is 31.0 Å². The quantitative estimate of drug-likeness (QED) is 0.905. The van der Waals surface area contributed by atoms with Crippen LogP contribution in [0.3, 0.4) is 0 Å². The first-order valence-electron chi connectivity index (χ1n) is 6.59. The number of H-pyrrole nitrogens is 1. The number of imidazole rings is 1. The van der Waals surface area contributed by atoms with Crippen molar-refractivity contribution in [2.24, 2.45) is 0 Å². The minimum absolute atomic E-state index is 0.132. The van der Waals surface area contributed by atoms with E-state index in [-0.39, 0.29) is 11.9 Å². The van der Waals surface area contributed by atoms with Gasteiger partial charge in [-0.3, -0.25) is 9.89 Å². The Morgan fingerprint density at radius 3 is 3.11 bits per heavy atom. The number of aromatic amines is 1. The third-order valence-corrected chi connectivity index (χ3v) is 3.58. The van der Waals surface area contributed by atoms with Gasteiger partial charge in [-0.1, -0.05) is 0 Å². The normalized spacial score (nSPS) is 19.6. The van der Waals surface area contributed by atoms with Crippen molar-refractivity contribution < 1.29 is 4.79 Å². The predicted molar refractivity (Wildman–Crippen MR) is 69.1 cm³/mol. The Balaban J connectivity index is 1.75. The van der Waals surface area contributed by atoms with Crippen molar-refractivity contribution in [3.8, 4) is 0 Å². The van der Waals surface area contributed by atoms with Gasteiger partial charge in [-0.15, -0.1) is 0 Å². The summed E-state index contributed by atoms with van der Waals surface area (Å²) in [6.45, 7) is 1.17. The molecule has 3 heterocycles. The lowest BCUT2D eigenvalue weighted by atomic mass is 9.99. The molecule has 19 heavy (non-hydrogen) atoms. The molecule has 1 fully saturated rings. The Labute approximate surface area is 111 Å². The second-order valence-corrected chi connectivity index (χ2v) is 4.85. The van der Waals surface area contributed by atoms with Crippen LogP contribution in [0.25, 0.3) is 0 Å². The molecular weight excluding hydrogens is 242 g/mol. The van der Waals surface area contributed by atoms with Gasteiger partial charge in [0.2, 0.25) is 5.91 Å². The summed E-state index contributed by atoms with van der Waals surface area (Å²) in [5.41, 5.74) is 1.03. The lowest BCUT2D eigenvalue weighted by Gasteiger charge is -2.35. The zero-order valence-electron chi connectivity index (χ0n) is 10.7. The van der Waals surface area contributed by atoms with Gasteiger partial charge in [0, 0.05) is 25.1 Å². The molecule has 0 aromatic carbocycles. The second-order valence-electron chi connectivity index (χ2n) is 4.85. The van der Waals surface area contributed by atoms with Crippen LogP contribution in [0.2, 0.25) is 0 Å². The van der Waals surface area contributed by atoms with Crippen LogP contribution in [-0.4, -0.2) is 37.1 Å². The maximum absolute atomic E-state index is 12.4. The van der Waals surface area contributed by atoms with Crippen molar-refractivity contribution in [2.45, 2.75) is 31.8 Å². The van der Waals surface area contributed by atoms with Gasteiger partial charge in [0.15, 0.2) is 0 Å². The molecular formula is C13H17N5O. The van der Waals surface area contributed by atoms with Crippen molar-refractivity contribution in [1.29, 1.82) is 0 Å². The number of carbonyl (C=O) groups is 1. The standard InChI is InChI=1S/C13H17N5O/c19-13(9-17-8-6-14-10-17)18-7-2-1-3-12(18)11-4-5-15-16-11/h4-6,8,10,12H,1-3,7,9H2,(H,15,16)/t12-/m0/s1. The average Bonchev–Trinajstić information content (AvgIpc) is 3.11. The van der Waals surface area contributed by atoms with E-state index in [1.807, 2.05) is 17.2 Å². The van der Waals surface area contributed by atoms with Gasteiger partial charge < -0.3 is 9.47 Å². The summed E-state index contributed by atoms with van der Waals surface area (Å²) in [6.07, 6.45) is 10.1. The molecule has 2 aromatic heterocycles. The van der Waals surface area contributed by atoms with Crippen LogP contribution in [0.4, 0.5) is 0 Å². The molecule has 1 amide bonds. The molecule has 100 valence electrons. The number of piperidine rings is 1. The topological polar surface area (TPSA) is 66.8 Å². The van der Waals surface area contributed by atoms with E-state index in [1.165, 1.54) is 0 Å². The van der Waals surface area contributed by atoms with Crippen LogP contribution in [0.5, 0.6) is 0 Å². The molecule has 6 heteroatoms. The Bertz CT molecular complexity index is 519. The molecule has 0 bridgehead atoms. The van der Waals surface area contributed by atoms with Gasteiger partial charge in [0.1, 0.15) is 6.54 Å². The SMILES string of the molecule is O=C(Cn1ccnc1)N1CCCC[C@H]1c1ccn[nH]1. The highest BCUT2D eigenvalue weighted by atomic mass is 16.2. The molecule has 6 nitrogen and oxygen atoms in total. The van der Waals surface area contributed by atoms with Crippen molar-refractivity contribution >= 4 is 5.91 Å². The summed E-state index contributed by atoms with van der Waals surface area (Å²) in [4.78, 5) is 18.3. The fourth-order valence-electron chi connectivity index (χ4n) is 2.63. The summed E-state index contributed by atoms with van der Waals surface area (Å²) < 4.78 is 1.81. The number of amides is 1. The molecule has 3 rings (SSSR count). The first-order chi connectivity index (χ1) is 9.34. The largest absolute Gasteiger partial charge is 0.333 e. The van der Waals surface area contributed by atoms with E-state index in [9.17, 15) is 4.79 Å². The number of aromatic nitrogens is 4. The summed E-state index contributed by atoms with van der Waals surface area (Å²) in [7, 11) is 0. The monoisotopic (exact) mass is 259 g/mol. The number of nitrogens with zero attached hydrogens (tertiary/aromatic N) is 4. The molecule has 0 spiro atoms. The third kappa shape index (κ3) is 2.52. The molecule has 0 unspecified atom stereocenters. The zero-order valence-corrected chi connectivity index (χ0v) is 10.7. The van der Waals surface area contributed by atoms with Crippen molar-refractivity contribution in [2.75, 3.05) is 6.54 Å². The van der Waals surface area contributed by atoms with Crippen LogP contribution in [-0.2, 0) is 11.3 Å². The minimum Gasteiger partial charge on any atom is -0.333 e. The summed E-state index contributed by atoms with van der Waals surface area (Å²) in [5, 5.41) is 6.98. The first kappa shape index (κ1) is 12.0. The lowest BCUT2D eigenvalue weighted by Crippen LogP contribution is -2.40. The van der Waals surface area contributed by atoms with Crippen LogP contribution in [0.15, 0.2) is 31.0 Å². The summed E-state index contributed by atoms with van der Waals surface area (Å²) >= 11 is 0. The van der Waals surface area contributed by atoms with Gasteiger partial charge in [0.05, 0.1) is 18.1 Å². The summed E-state index contributed by atoms with van der Waals surface area (Å²) in [5.74, 6) is 0.136. The van der Waals surface area contributed by atoms with Gasteiger partial charge in [-0.2, -0.15) is 5.10 Å². The zero-order chi connectivity index (χ0) is 13.1. The number of hydrogen-bond donors (Lipinski definition) is 1. The van der Waals surface area contributed by atoms with Gasteiger partial charge in [-0.05, 0) is 25.3 Å². The molecule has 0 radical (unpaired) electrons. The number of rotatable bonds is 3. The van der Waals surface area contributed by atoms with E-state index in [0.717, 1.165) is 31.5 Å². The number of carbonyl (C=O) groups excluding carboxylic acids is 1. The van der Waals surface area contributed by atoms with Crippen molar-refractivity contribution in [3.05, 3.63) is 36.7 Å². The van der Waals surface area contributed by atoms with E-state index in [2.05, 4.69) is 15.2 Å². The summed E-state index contributed by atoms with van der Waals surface area (Å²) in [6, 6.07) is 2.08. The maximum Gasteiger partial charge on any atom is 0.243 e. The molecule has 0 aliphatic carbocycles. The van der Waals surface area contributed by atoms with E-state index in [1.54, 1.807) is 23.3 Å². The highest BCUT2D eigenvalue weighted by molar-refractivity contribution is 5.76. The van der Waals surface area contributed by atoms with E-state index < -0.39 is 0 Å². The third-order valence-electron chi connectivity index (χ3n) is 3.58. The van der Waals surface area contributed by atoms with Gasteiger partial charge >= 0.3 is 0 Å². The lowest BCUT2D eigenvalue weighted by molar-refractivity contribution is -0.135. The highest BCUT2D eigenvalue weighted by Crippen LogP contribution is 2.29. The van der Waals surface area contributed by atoms with E-state index in [4.69, 9.17) is 0 Å². The van der Waals surface area contributed by atoms with E-state index in [0.29, 0.717) is 6.54 Å². The van der Waals surface area contributed by atoms with Gasteiger partial charge in [0.25, 0.3) is 0 Å². The Kier molecular flexibility index (Phi) is 3.31. The number of hydrogen-bond acceptors (Lipinski definition) is 3. The fraction of sp³-hybridized carbons (Fsp3) is 0.462. The Morgan fingerprint density at radius 1 is 1.42 bits per heavy atom. The van der Waals surface area contributed by atoms with Crippen LogP contribution >= 0.6 is 0 Å². The smallest absolute Gasteiger partial charge is 0.243 e. The van der Waals surface area contributed by atoms with Gasteiger partial charge in [-0.25, -0.2) is 4.98 Å². The molecule has 2 aromatic rings. The highest BCUT2D eigenvalue weighted by Gasteiger charge is 2.28. The van der Waals surface area contributed by atoms with E-state index >= 15 is 0 Å². The minimum atomic E-state index is 0.132. The predicted octanol–water partition coefficient (Wildman–Crippen LogP) is 1.36. The first-order valence-corrected chi connectivity index (χ1v) is 6.59. The molecule has 1 aliphatic rings. The Hall–Kier alpha value is -2.11. The number of likely N-dealkylation sites (tertiary alicyclic amines) is 1. The molecule has 1 atom stereocenters. The molecule has 1 saturated heterocycles. The maximum atomic E-state index is 12.4. The molecule has 0 saturated carbocycles. The number of nitrogens with one attached hydrogen (secondary N) is 1. The average molecular weight is 259 g/mol. The second kappa shape index (κ2) is 5.26. The molecule has 1 aliphatic heterocycles. The van der Waals surface area contributed by atoms with Crippen molar-refractivity contribution in [3.63, 3.8) is 0 Å². The Morgan fingerprint density at radius 2 is 2.37 bits per heavy atom. The molecule has 1 N–H and O–H groups in total. The van der Waals surface area contributed by atoms with Crippen LogP contribution in [0, 0.1) is 0 Å². The van der Waals surface area contributed by atoms with Crippen LogP contribution < -0.4 is 0 Å². The fourth-order valence-corrected chi connectivity index (χ4v) is 2.63.